The molecule has 2 heterocycles. The second kappa shape index (κ2) is 12.5. The van der Waals surface area contributed by atoms with Gasteiger partial charge < -0.3 is 4.90 Å². The van der Waals surface area contributed by atoms with Gasteiger partial charge in [0.15, 0.2) is 9.84 Å². The van der Waals surface area contributed by atoms with E-state index >= 15 is 0 Å². The Balaban J connectivity index is 1.50. The van der Waals surface area contributed by atoms with E-state index in [4.69, 9.17) is 11.6 Å². The molecule has 1 fully saturated rings. The topological polar surface area (TPSA) is 74.8 Å². The molecule has 1 saturated heterocycles. The van der Waals surface area contributed by atoms with Crippen LogP contribution in [0.5, 0.6) is 0 Å². The smallest absolute Gasteiger partial charge is 0.301 e. The number of nitrogens with zero attached hydrogens (tertiary/aromatic N) is 2. The van der Waals surface area contributed by atoms with E-state index in [1.807, 2.05) is 4.90 Å². The maximum atomic E-state index is 14.6. The molecule has 0 bridgehead atoms. The van der Waals surface area contributed by atoms with Gasteiger partial charge in [-0.05, 0) is 85.3 Å². The van der Waals surface area contributed by atoms with Crippen LogP contribution in [0.25, 0.3) is 11.6 Å². The number of fused-ring (bicyclic) bond motifs is 1. The van der Waals surface area contributed by atoms with Gasteiger partial charge in [-0.3, -0.25) is 4.31 Å². The van der Waals surface area contributed by atoms with Gasteiger partial charge in [0.25, 0.3) is 10.0 Å². The molecule has 3 aromatic rings. The zero-order valence-corrected chi connectivity index (χ0v) is 26.2. The second-order valence-electron chi connectivity index (χ2n) is 11.2. The van der Waals surface area contributed by atoms with Crippen molar-refractivity contribution in [2.24, 2.45) is 5.92 Å². The second-order valence-corrected chi connectivity index (χ2v) is 15.8. The molecule has 44 heavy (non-hydrogen) atoms. The third-order valence-electron chi connectivity index (χ3n) is 8.09. The largest absolute Gasteiger partial charge is 0.416 e. The van der Waals surface area contributed by atoms with Gasteiger partial charge in [-0.15, -0.1) is 0 Å². The number of benzene rings is 3. The minimum absolute atomic E-state index is 0.0308. The predicted molar refractivity (Wildman–Crippen MR) is 164 cm³/mol. The summed E-state index contributed by atoms with van der Waals surface area (Å²) in [5, 5.41) is 0.222. The maximum Gasteiger partial charge on any atom is 0.416 e. The summed E-state index contributed by atoms with van der Waals surface area (Å²) in [4.78, 5) is 1.56. The molecule has 0 amide bonds. The minimum Gasteiger partial charge on any atom is -0.301 e. The van der Waals surface area contributed by atoms with E-state index < -0.39 is 42.3 Å². The number of anilines is 1. The molecule has 13 heteroatoms. The summed E-state index contributed by atoms with van der Waals surface area (Å²) in [5.41, 5.74) is 1.27. The van der Waals surface area contributed by atoms with E-state index in [1.165, 1.54) is 12.1 Å². The Morgan fingerprint density at radius 2 is 1.75 bits per heavy atom. The summed E-state index contributed by atoms with van der Waals surface area (Å²) in [5.74, 6) is -0.525. The van der Waals surface area contributed by atoms with Crippen LogP contribution >= 0.6 is 11.6 Å². The normalized spacial score (nSPS) is 19.5. The number of rotatable bonds is 7. The number of sulfone groups is 1. The molecule has 0 aromatic heterocycles. The quantitative estimate of drug-likeness (QED) is 0.211. The summed E-state index contributed by atoms with van der Waals surface area (Å²) in [6.07, 6.45) is -1.95. The van der Waals surface area contributed by atoms with Crippen molar-refractivity contribution in [3.05, 3.63) is 93.8 Å². The lowest BCUT2D eigenvalue weighted by atomic mass is 9.90. The summed E-state index contributed by atoms with van der Waals surface area (Å²) >= 11 is 6.24. The van der Waals surface area contributed by atoms with Crippen LogP contribution in [0.1, 0.15) is 35.6 Å². The van der Waals surface area contributed by atoms with E-state index in [1.54, 1.807) is 37.3 Å². The van der Waals surface area contributed by atoms with Crippen molar-refractivity contribution >= 4 is 48.8 Å². The number of sulfonamides is 1. The summed E-state index contributed by atoms with van der Waals surface area (Å²) in [6.45, 7) is 3.08. The molecular weight excluding hydrogens is 640 g/mol. The fourth-order valence-electron chi connectivity index (χ4n) is 5.70. The Bertz CT molecular complexity index is 1780. The highest BCUT2D eigenvalue weighted by atomic mass is 35.5. The van der Waals surface area contributed by atoms with Crippen molar-refractivity contribution < 1.29 is 34.4 Å². The summed E-state index contributed by atoms with van der Waals surface area (Å²) in [6, 6.07) is 13.2. The number of halogens is 5. The zero-order valence-electron chi connectivity index (χ0n) is 23.8. The van der Waals surface area contributed by atoms with Gasteiger partial charge in [0.1, 0.15) is 5.82 Å². The molecule has 0 radical (unpaired) electrons. The molecule has 5 rings (SSSR count). The molecule has 3 aromatic carbocycles. The van der Waals surface area contributed by atoms with Crippen molar-refractivity contribution in [2.45, 2.75) is 30.8 Å². The molecule has 1 atom stereocenters. The molecule has 0 aliphatic carbocycles. The maximum absolute atomic E-state index is 14.6. The van der Waals surface area contributed by atoms with Crippen LogP contribution in [0.3, 0.4) is 0 Å². The fraction of sp³-hybridized carbons (Fsp3) is 0.355. The number of allylic oxidation sites excluding steroid dienone is 1. The van der Waals surface area contributed by atoms with Crippen molar-refractivity contribution in [1.82, 2.24) is 4.90 Å². The predicted octanol–water partition coefficient (Wildman–Crippen LogP) is 6.55. The lowest BCUT2D eigenvalue weighted by Crippen LogP contribution is -2.43. The van der Waals surface area contributed by atoms with Gasteiger partial charge in [-0.2, -0.15) is 13.2 Å². The van der Waals surface area contributed by atoms with Gasteiger partial charge in [0.2, 0.25) is 0 Å². The van der Waals surface area contributed by atoms with E-state index in [2.05, 4.69) is 0 Å². The molecule has 0 unspecified atom stereocenters. The van der Waals surface area contributed by atoms with Crippen LogP contribution in [0.15, 0.2) is 65.6 Å². The van der Waals surface area contributed by atoms with Crippen LogP contribution in [-0.2, 0) is 32.5 Å². The van der Waals surface area contributed by atoms with Crippen LogP contribution in [0, 0.1) is 11.7 Å². The summed E-state index contributed by atoms with van der Waals surface area (Å²) in [7, 11) is -7.47. The Hall–Kier alpha value is -2.93. The zero-order chi connectivity index (χ0) is 31.9. The molecule has 0 N–H and O–H groups in total. The molecule has 2 aliphatic rings. The molecule has 6 nitrogen and oxygen atoms in total. The van der Waals surface area contributed by atoms with Crippen LogP contribution < -0.4 is 4.31 Å². The van der Waals surface area contributed by atoms with Gasteiger partial charge in [0.05, 0.1) is 32.7 Å². The van der Waals surface area contributed by atoms with Crippen molar-refractivity contribution in [3.63, 3.8) is 0 Å². The Labute approximate surface area is 259 Å². The third kappa shape index (κ3) is 7.14. The molecule has 0 spiro atoms. The van der Waals surface area contributed by atoms with Crippen molar-refractivity contribution in [3.8, 4) is 0 Å². The van der Waals surface area contributed by atoms with Gasteiger partial charge in [-0.25, -0.2) is 21.2 Å². The minimum atomic E-state index is -4.72. The molecule has 0 saturated carbocycles. The van der Waals surface area contributed by atoms with Crippen LogP contribution in [-0.4, -0.2) is 59.4 Å². The van der Waals surface area contributed by atoms with Crippen LogP contribution in [0.4, 0.5) is 23.2 Å². The average Bonchev–Trinajstić information content (AvgIpc) is 2.96. The molecular formula is C31H31ClF4N2O4S2. The van der Waals surface area contributed by atoms with Gasteiger partial charge in [-0.1, -0.05) is 41.9 Å². The number of hydrogen-bond acceptors (Lipinski definition) is 5. The van der Waals surface area contributed by atoms with Crippen molar-refractivity contribution in [1.29, 1.82) is 0 Å². The highest BCUT2D eigenvalue weighted by Gasteiger charge is 2.36. The number of hydrogen-bond donors (Lipinski definition) is 0. The molecule has 2 aliphatic heterocycles. The fourth-order valence-corrected chi connectivity index (χ4v) is 8.91. The van der Waals surface area contributed by atoms with Gasteiger partial charge >= 0.3 is 6.18 Å². The first-order valence-electron chi connectivity index (χ1n) is 14.0. The Morgan fingerprint density at radius 1 is 1.05 bits per heavy atom. The first-order valence-corrected chi connectivity index (χ1v) is 17.7. The van der Waals surface area contributed by atoms with E-state index in [0.717, 1.165) is 22.5 Å². The lowest BCUT2D eigenvalue weighted by molar-refractivity contribution is -0.137. The Morgan fingerprint density at radius 3 is 2.43 bits per heavy atom. The standard InChI is InChI=1S/C31H31ClF4N2O4S2/c1-21(30-27(32)6-3-7-28(30)33)16-22-8-9-24-17-23(10-11-37-12-14-43(39,40)15-13-37)20-38(29(24)18-22)44(41,42)26-5-2-4-25(19-26)31(34,35)36/h2-9,16,18-19,23H,10-15,17,20H2,1H3/b21-16+/t23-/m1/s1. The summed E-state index contributed by atoms with van der Waals surface area (Å²) < 4.78 is 108. The van der Waals surface area contributed by atoms with E-state index in [-0.39, 0.29) is 34.6 Å². The lowest BCUT2D eigenvalue weighted by Gasteiger charge is -2.37. The monoisotopic (exact) mass is 670 g/mol. The third-order valence-corrected chi connectivity index (χ3v) is 11.8. The van der Waals surface area contributed by atoms with E-state index in [9.17, 15) is 34.4 Å². The highest BCUT2D eigenvalue weighted by Crippen LogP contribution is 2.38. The first kappa shape index (κ1) is 32.5. The molecule has 236 valence electrons. The first-order chi connectivity index (χ1) is 20.6. The van der Waals surface area contributed by atoms with Crippen LogP contribution in [0.2, 0.25) is 5.02 Å². The number of alkyl halides is 3. The van der Waals surface area contributed by atoms with E-state index in [0.29, 0.717) is 60.9 Å². The van der Waals surface area contributed by atoms with Gasteiger partial charge in [0, 0.05) is 25.2 Å². The Kier molecular flexibility index (Phi) is 9.19. The SMILES string of the molecule is C/C(=C\c1ccc2c(c1)N(S(=O)(=O)c1cccc(C(F)(F)F)c1)C[C@H](CCN1CCS(=O)(=O)CC1)C2)c1c(F)cccc1Cl. The average molecular weight is 671 g/mol. The van der Waals surface area contributed by atoms with Crippen molar-refractivity contribution in [2.75, 3.05) is 42.0 Å². The highest BCUT2D eigenvalue weighted by molar-refractivity contribution is 7.92.